The second-order valence-corrected chi connectivity index (χ2v) is 9.36. The van der Waals surface area contributed by atoms with Crippen LogP contribution >= 0.6 is 0 Å². The molecule has 0 atom stereocenters. The molecule has 0 spiro atoms. The Labute approximate surface area is 249 Å². The van der Waals surface area contributed by atoms with Crippen LogP contribution in [0.3, 0.4) is 0 Å². The van der Waals surface area contributed by atoms with Gasteiger partial charge in [-0.05, 0) is 54.1 Å². The Balaban J connectivity index is 1.83. The first-order chi connectivity index (χ1) is 20.9. The fraction of sp³-hybridized carbons (Fsp3) is 0.133. The molecule has 4 rings (SSSR count). The maximum Gasteiger partial charge on any atom is 0.307 e. The van der Waals surface area contributed by atoms with Crippen LogP contribution < -0.4 is 24.7 Å². The van der Waals surface area contributed by atoms with Gasteiger partial charge in [0.25, 0.3) is 17.7 Å². The number of ether oxygens (including phenoxy) is 4. The number of rotatable bonds is 11. The Morgan fingerprint density at radius 1 is 0.909 bits per heavy atom. The van der Waals surface area contributed by atoms with Crippen molar-refractivity contribution in [2.45, 2.75) is 6.42 Å². The van der Waals surface area contributed by atoms with Crippen molar-refractivity contribution in [2.75, 3.05) is 21.2 Å². The number of nitrogens with zero attached hydrogens (tertiary/aromatic N) is 2. The summed E-state index contributed by atoms with van der Waals surface area (Å²) >= 11 is 0. The number of amidine groups is 1. The summed E-state index contributed by atoms with van der Waals surface area (Å²) in [6, 6.07) is 13.3. The third kappa shape index (κ3) is 6.92. The number of carbonyl (C=O) groups excluding carboxylic acids is 1. The predicted molar refractivity (Wildman–Crippen MR) is 152 cm³/mol. The van der Waals surface area contributed by atoms with E-state index in [-0.39, 0.29) is 52.3 Å². The van der Waals surface area contributed by atoms with Gasteiger partial charge in [0.1, 0.15) is 11.6 Å². The van der Waals surface area contributed by atoms with E-state index >= 15 is 8.78 Å². The second kappa shape index (κ2) is 12.9. The van der Waals surface area contributed by atoms with Gasteiger partial charge in [-0.1, -0.05) is 12.1 Å². The van der Waals surface area contributed by atoms with E-state index in [1.54, 1.807) is 14.1 Å². The molecule has 0 aliphatic carbocycles. The van der Waals surface area contributed by atoms with Crippen LogP contribution in [0, 0.1) is 17.0 Å². The van der Waals surface area contributed by atoms with Crippen molar-refractivity contribution in [1.29, 1.82) is 5.41 Å². The molecular weight excluding hydrogens is 582 g/mol. The molecule has 14 heteroatoms. The largest absolute Gasteiger partial charge is 0.504 e. The Bertz CT molecular complexity index is 1760. The van der Waals surface area contributed by atoms with Crippen molar-refractivity contribution in [2.24, 2.45) is 5.73 Å². The highest BCUT2D eigenvalue weighted by atomic mass is 19.1. The zero-order valence-electron chi connectivity index (χ0n) is 23.6. The summed E-state index contributed by atoms with van der Waals surface area (Å²) < 4.78 is 53.6. The van der Waals surface area contributed by atoms with E-state index < -0.39 is 40.9 Å². The molecule has 0 aliphatic heterocycles. The summed E-state index contributed by atoms with van der Waals surface area (Å²) in [6.45, 7) is 0. The summed E-state index contributed by atoms with van der Waals surface area (Å²) in [5.41, 5.74) is 6.17. The first-order valence-electron chi connectivity index (χ1n) is 12.7. The fourth-order valence-corrected chi connectivity index (χ4v) is 3.83. The van der Waals surface area contributed by atoms with Crippen LogP contribution in [-0.2, 0) is 11.2 Å². The summed E-state index contributed by atoms with van der Waals surface area (Å²) in [5, 5.41) is 27.0. The van der Waals surface area contributed by atoms with E-state index in [1.165, 1.54) is 60.5 Å². The van der Waals surface area contributed by atoms with Gasteiger partial charge in [-0.25, -0.2) is 0 Å². The van der Waals surface area contributed by atoms with E-state index in [0.717, 1.165) is 12.1 Å². The third-order valence-corrected chi connectivity index (χ3v) is 5.95. The van der Waals surface area contributed by atoms with Gasteiger partial charge in [-0.2, -0.15) is 13.8 Å². The molecule has 44 heavy (non-hydrogen) atoms. The van der Waals surface area contributed by atoms with Gasteiger partial charge >= 0.3 is 5.97 Å². The molecule has 0 bridgehead atoms. The highest BCUT2D eigenvalue weighted by Crippen LogP contribution is 2.43. The minimum Gasteiger partial charge on any atom is -0.504 e. The number of aromatic hydroxyl groups is 1. The van der Waals surface area contributed by atoms with Crippen molar-refractivity contribution < 1.29 is 47.5 Å². The number of hydrogen-bond donors (Lipinski definition) is 4. The number of aliphatic carboxylic acids is 1. The number of amides is 1. The number of aromatic nitrogens is 1. The molecule has 12 nitrogen and oxygen atoms in total. The highest BCUT2D eigenvalue weighted by Gasteiger charge is 2.28. The van der Waals surface area contributed by atoms with Crippen molar-refractivity contribution in [1.82, 2.24) is 9.88 Å². The maximum atomic E-state index is 15.9. The van der Waals surface area contributed by atoms with Gasteiger partial charge in [0.05, 0.1) is 13.5 Å². The van der Waals surface area contributed by atoms with Gasteiger partial charge in [-0.15, -0.1) is 0 Å². The summed E-state index contributed by atoms with van der Waals surface area (Å²) in [5.74, 6) is -8.58. The molecule has 0 saturated heterocycles. The van der Waals surface area contributed by atoms with E-state index in [0.29, 0.717) is 5.56 Å². The average Bonchev–Trinajstić information content (AvgIpc) is 2.98. The van der Waals surface area contributed by atoms with E-state index in [2.05, 4.69) is 4.98 Å². The molecule has 4 aromatic rings. The molecule has 0 aliphatic rings. The highest BCUT2D eigenvalue weighted by molar-refractivity contribution is 5.95. The van der Waals surface area contributed by atoms with Gasteiger partial charge in [0.15, 0.2) is 23.0 Å². The number of carboxylic acids is 1. The number of phenolic OH excluding ortho intramolecular Hbond substituents is 1. The van der Waals surface area contributed by atoms with Crippen molar-refractivity contribution >= 4 is 17.7 Å². The van der Waals surface area contributed by atoms with Gasteiger partial charge in [0, 0.05) is 25.2 Å². The molecule has 1 heterocycles. The zero-order chi connectivity index (χ0) is 32.1. The SMILES string of the molecule is COc1cc(CC(=O)O)ccc1Oc1c(F)c(Oc2cccc(C(=O)N(C)C)c2)nc(Oc2cc(C(=N)N)ccc2O)c1F. The number of pyridine rings is 1. The Morgan fingerprint density at radius 3 is 2.25 bits per heavy atom. The number of nitrogens with one attached hydrogen (secondary N) is 1. The van der Waals surface area contributed by atoms with Gasteiger partial charge in [0.2, 0.25) is 17.4 Å². The molecular formula is C30H26F2N4O8. The standard InChI is InChI=1S/C30H26F2N4O8/c1-36(2)30(40)17-5-4-6-18(13-17)42-28-24(31)26(43-20-10-7-15(12-23(38)39)11-22(20)41-3)25(32)29(35-28)44-21-14-16(27(33)34)8-9-19(21)37/h4-11,13-14,37H,12H2,1-3H3,(H3,33,34)(H,38,39). The fourth-order valence-electron chi connectivity index (χ4n) is 3.83. The molecule has 0 fully saturated rings. The summed E-state index contributed by atoms with van der Waals surface area (Å²) in [7, 11) is 4.34. The number of nitrogens with two attached hydrogens (primary N) is 1. The van der Waals surface area contributed by atoms with Crippen molar-refractivity contribution in [3.05, 3.63) is 89.0 Å². The average molecular weight is 609 g/mol. The Kier molecular flexibility index (Phi) is 9.12. The number of carboxylic acid groups (broad SMARTS) is 1. The third-order valence-electron chi connectivity index (χ3n) is 5.95. The first kappa shape index (κ1) is 31.0. The van der Waals surface area contributed by atoms with Crippen LogP contribution in [0.25, 0.3) is 0 Å². The summed E-state index contributed by atoms with van der Waals surface area (Å²) in [6.07, 6.45) is -0.344. The molecule has 0 radical (unpaired) electrons. The van der Waals surface area contributed by atoms with Crippen LogP contribution in [0.1, 0.15) is 21.5 Å². The van der Waals surface area contributed by atoms with Crippen molar-refractivity contribution in [3.63, 3.8) is 0 Å². The maximum absolute atomic E-state index is 15.9. The Hall–Kier alpha value is -5.92. The lowest BCUT2D eigenvalue weighted by molar-refractivity contribution is -0.136. The number of halogens is 2. The lowest BCUT2D eigenvalue weighted by Gasteiger charge is -2.17. The number of carbonyl (C=O) groups is 2. The van der Waals surface area contributed by atoms with Crippen LogP contribution in [-0.4, -0.2) is 59.0 Å². The number of benzene rings is 3. The van der Waals surface area contributed by atoms with Gasteiger partial charge < -0.3 is 39.8 Å². The topological polar surface area (TPSA) is 178 Å². The molecule has 0 saturated carbocycles. The molecule has 3 aromatic carbocycles. The molecule has 228 valence electrons. The van der Waals surface area contributed by atoms with Crippen LogP contribution in [0.15, 0.2) is 60.7 Å². The van der Waals surface area contributed by atoms with Crippen LogP contribution in [0.5, 0.6) is 46.3 Å². The van der Waals surface area contributed by atoms with Gasteiger partial charge in [-0.3, -0.25) is 15.0 Å². The number of nitrogen functional groups attached to an aromatic ring is 1. The van der Waals surface area contributed by atoms with E-state index in [1.807, 2.05) is 0 Å². The molecule has 1 amide bonds. The minimum absolute atomic E-state index is 0.0361. The first-order valence-corrected chi connectivity index (χ1v) is 12.7. The molecule has 1 aromatic heterocycles. The lowest BCUT2D eigenvalue weighted by Crippen LogP contribution is -2.21. The normalized spacial score (nSPS) is 10.6. The van der Waals surface area contributed by atoms with E-state index in [9.17, 15) is 14.7 Å². The number of phenols is 1. The van der Waals surface area contributed by atoms with Crippen LogP contribution in [0.2, 0.25) is 0 Å². The van der Waals surface area contributed by atoms with E-state index in [4.69, 9.17) is 35.2 Å². The quantitative estimate of drug-likeness (QED) is 0.133. The number of hydrogen-bond acceptors (Lipinski definition) is 9. The monoisotopic (exact) mass is 608 g/mol. The smallest absolute Gasteiger partial charge is 0.307 e. The summed E-state index contributed by atoms with van der Waals surface area (Å²) in [4.78, 5) is 28.7. The second-order valence-electron chi connectivity index (χ2n) is 9.36. The lowest BCUT2D eigenvalue weighted by atomic mass is 10.1. The molecule has 0 unspecified atom stereocenters. The number of methoxy groups -OCH3 is 1. The predicted octanol–water partition coefficient (Wildman–Crippen LogP) is 5.06. The Morgan fingerprint density at radius 2 is 1.61 bits per heavy atom. The van der Waals surface area contributed by atoms with Crippen molar-refractivity contribution in [3.8, 4) is 46.3 Å². The zero-order valence-corrected chi connectivity index (χ0v) is 23.6. The van der Waals surface area contributed by atoms with Crippen LogP contribution in [0.4, 0.5) is 8.78 Å². The molecule has 5 N–H and O–H groups in total. The minimum atomic E-state index is -1.45.